The van der Waals surface area contributed by atoms with Gasteiger partial charge in [0.05, 0.1) is 6.54 Å². The van der Waals surface area contributed by atoms with Crippen molar-refractivity contribution in [2.45, 2.75) is 50.2 Å². The van der Waals surface area contributed by atoms with Crippen molar-refractivity contribution in [1.82, 2.24) is 14.8 Å². The molecule has 20 heavy (non-hydrogen) atoms. The Bertz CT molecular complexity index is 606. The number of fused-ring (bicyclic) bond motifs is 1. The highest BCUT2D eigenvalue weighted by Gasteiger charge is 2.13. The zero-order chi connectivity index (χ0) is 13.9. The molecule has 0 fully saturated rings. The highest BCUT2D eigenvalue weighted by molar-refractivity contribution is 7.98. The van der Waals surface area contributed by atoms with E-state index in [2.05, 4.69) is 39.9 Å². The minimum absolute atomic E-state index is 0.445. The first-order valence-electron chi connectivity index (χ1n) is 7.17. The minimum atomic E-state index is 0.445. The average Bonchev–Trinajstić information content (AvgIpc) is 3.10. The number of hydrogen-bond acceptors (Lipinski definition) is 4. The van der Waals surface area contributed by atoms with E-state index in [-0.39, 0.29) is 0 Å². The summed E-state index contributed by atoms with van der Waals surface area (Å²) in [4.78, 5) is 0. The fourth-order valence-electron chi connectivity index (χ4n) is 2.76. The lowest BCUT2D eigenvalue weighted by Gasteiger charge is -2.07. The zero-order valence-corrected chi connectivity index (χ0v) is 12.6. The molecule has 1 aromatic carbocycles. The maximum Gasteiger partial charge on any atom is 0.191 e. The first kappa shape index (κ1) is 13.6. The molecule has 0 bridgehead atoms. The van der Waals surface area contributed by atoms with E-state index in [4.69, 9.17) is 5.73 Å². The van der Waals surface area contributed by atoms with Crippen molar-refractivity contribution in [1.29, 1.82) is 0 Å². The Labute approximate surface area is 123 Å². The third-order valence-corrected chi connectivity index (χ3v) is 4.86. The summed E-state index contributed by atoms with van der Waals surface area (Å²) in [7, 11) is 0. The molecule has 3 rings (SSSR count). The number of nitrogens with two attached hydrogens (primary N) is 1. The topological polar surface area (TPSA) is 56.7 Å². The van der Waals surface area contributed by atoms with E-state index in [1.165, 1.54) is 36.0 Å². The Kier molecular flexibility index (Phi) is 4.08. The molecule has 0 aliphatic heterocycles. The minimum Gasteiger partial charge on any atom is -0.324 e. The molecule has 0 spiro atoms. The van der Waals surface area contributed by atoms with Crippen molar-refractivity contribution in [2.75, 3.05) is 0 Å². The molecule has 4 nitrogen and oxygen atoms in total. The van der Waals surface area contributed by atoms with Gasteiger partial charge in [0.1, 0.15) is 5.82 Å². The first-order chi connectivity index (χ1) is 9.81. The van der Waals surface area contributed by atoms with Gasteiger partial charge in [0.25, 0.3) is 0 Å². The summed E-state index contributed by atoms with van der Waals surface area (Å²) in [6.07, 6.45) is 3.78. The van der Waals surface area contributed by atoms with Crippen LogP contribution >= 0.6 is 11.8 Å². The Balaban J connectivity index is 1.72. The summed E-state index contributed by atoms with van der Waals surface area (Å²) >= 11 is 1.74. The Morgan fingerprint density at radius 3 is 2.90 bits per heavy atom. The SMILES string of the molecule is CCn1c(CN)nnc1SCc1ccc2c(c1)CCC2. The fraction of sp³-hybridized carbons (Fsp3) is 0.467. The van der Waals surface area contributed by atoms with Gasteiger partial charge in [-0.25, -0.2) is 0 Å². The van der Waals surface area contributed by atoms with Gasteiger partial charge in [0.15, 0.2) is 5.16 Å². The molecule has 2 aromatic rings. The molecule has 106 valence electrons. The van der Waals surface area contributed by atoms with Gasteiger partial charge in [0.2, 0.25) is 0 Å². The molecular formula is C15H20N4S. The number of nitrogens with zero attached hydrogens (tertiary/aromatic N) is 3. The molecule has 1 heterocycles. The monoisotopic (exact) mass is 288 g/mol. The van der Waals surface area contributed by atoms with E-state index in [0.717, 1.165) is 23.3 Å². The van der Waals surface area contributed by atoms with Gasteiger partial charge in [-0.1, -0.05) is 30.0 Å². The molecule has 0 atom stereocenters. The van der Waals surface area contributed by atoms with Gasteiger partial charge in [-0.05, 0) is 42.9 Å². The van der Waals surface area contributed by atoms with Gasteiger partial charge < -0.3 is 10.3 Å². The largest absolute Gasteiger partial charge is 0.324 e. The Hall–Kier alpha value is -1.33. The highest BCUT2D eigenvalue weighted by atomic mass is 32.2. The molecular weight excluding hydrogens is 268 g/mol. The van der Waals surface area contributed by atoms with Crippen LogP contribution < -0.4 is 5.73 Å². The van der Waals surface area contributed by atoms with Crippen molar-refractivity contribution < 1.29 is 0 Å². The number of hydrogen-bond donors (Lipinski definition) is 1. The van der Waals surface area contributed by atoms with Crippen LogP contribution in [-0.4, -0.2) is 14.8 Å². The van der Waals surface area contributed by atoms with Crippen molar-refractivity contribution in [2.24, 2.45) is 5.73 Å². The van der Waals surface area contributed by atoms with Crippen LogP contribution in [0.5, 0.6) is 0 Å². The van der Waals surface area contributed by atoms with Crippen LogP contribution in [-0.2, 0) is 31.7 Å². The third-order valence-electron chi connectivity index (χ3n) is 3.82. The fourth-order valence-corrected chi connectivity index (χ4v) is 3.72. The number of thioether (sulfide) groups is 1. The van der Waals surface area contributed by atoms with Crippen molar-refractivity contribution in [3.63, 3.8) is 0 Å². The van der Waals surface area contributed by atoms with Gasteiger partial charge in [-0.15, -0.1) is 10.2 Å². The summed E-state index contributed by atoms with van der Waals surface area (Å²) in [5.74, 6) is 1.81. The zero-order valence-electron chi connectivity index (χ0n) is 11.8. The van der Waals surface area contributed by atoms with Crippen LogP contribution in [0.25, 0.3) is 0 Å². The Morgan fingerprint density at radius 2 is 2.10 bits per heavy atom. The first-order valence-corrected chi connectivity index (χ1v) is 8.16. The maximum absolute atomic E-state index is 5.68. The lowest BCUT2D eigenvalue weighted by molar-refractivity contribution is 0.643. The second-order valence-corrected chi connectivity index (χ2v) is 6.03. The van der Waals surface area contributed by atoms with E-state index in [1.807, 2.05) is 0 Å². The van der Waals surface area contributed by atoms with Crippen LogP contribution in [0.4, 0.5) is 0 Å². The predicted molar refractivity (Wildman–Crippen MR) is 81.6 cm³/mol. The second kappa shape index (κ2) is 5.97. The van der Waals surface area contributed by atoms with E-state index in [9.17, 15) is 0 Å². The predicted octanol–water partition coefficient (Wildman–Crippen LogP) is 2.54. The molecule has 0 amide bonds. The highest BCUT2D eigenvalue weighted by Crippen LogP contribution is 2.27. The van der Waals surface area contributed by atoms with Gasteiger partial charge in [-0.2, -0.15) is 0 Å². The molecule has 1 aliphatic rings. The van der Waals surface area contributed by atoms with E-state index < -0.39 is 0 Å². The van der Waals surface area contributed by atoms with Crippen molar-refractivity contribution >= 4 is 11.8 Å². The van der Waals surface area contributed by atoms with Crippen LogP contribution in [0.15, 0.2) is 23.4 Å². The molecule has 5 heteroatoms. The van der Waals surface area contributed by atoms with Crippen LogP contribution in [0.2, 0.25) is 0 Å². The van der Waals surface area contributed by atoms with Gasteiger partial charge in [0, 0.05) is 12.3 Å². The average molecular weight is 288 g/mol. The Morgan fingerprint density at radius 1 is 1.25 bits per heavy atom. The summed E-state index contributed by atoms with van der Waals surface area (Å²) in [6.45, 7) is 3.41. The van der Waals surface area contributed by atoms with Crippen molar-refractivity contribution in [3.05, 3.63) is 40.7 Å². The molecule has 0 saturated heterocycles. The van der Waals surface area contributed by atoms with E-state index in [1.54, 1.807) is 11.8 Å². The molecule has 0 radical (unpaired) electrons. The number of rotatable bonds is 5. The number of benzene rings is 1. The van der Waals surface area contributed by atoms with E-state index >= 15 is 0 Å². The van der Waals surface area contributed by atoms with Gasteiger partial charge >= 0.3 is 0 Å². The summed E-state index contributed by atoms with van der Waals surface area (Å²) in [6, 6.07) is 6.88. The molecule has 2 N–H and O–H groups in total. The lowest BCUT2D eigenvalue weighted by Crippen LogP contribution is -2.08. The maximum atomic E-state index is 5.68. The molecule has 0 unspecified atom stereocenters. The van der Waals surface area contributed by atoms with Crippen LogP contribution in [0.1, 0.15) is 35.9 Å². The second-order valence-electron chi connectivity index (χ2n) is 5.09. The molecule has 0 saturated carbocycles. The molecule has 1 aliphatic carbocycles. The standard InChI is InChI=1S/C15H20N4S/c1-2-19-14(9-16)17-18-15(19)20-10-11-6-7-12-4-3-5-13(12)8-11/h6-8H,2-5,9-10,16H2,1H3. The normalized spacial score (nSPS) is 13.7. The summed E-state index contributed by atoms with van der Waals surface area (Å²) < 4.78 is 2.10. The third kappa shape index (κ3) is 2.60. The lowest BCUT2D eigenvalue weighted by atomic mass is 10.1. The van der Waals surface area contributed by atoms with Crippen molar-refractivity contribution in [3.8, 4) is 0 Å². The quantitative estimate of drug-likeness (QED) is 0.859. The van der Waals surface area contributed by atoms with Crippen LogP contribution in [0, 0.1) is 0 Å². The number of aryl methyl sites for hydroxylation is 2. The summed E-state index contributed by atoms with van der Waals surface area (Å²) in [5, 5.41) is 9.35. The van der Waals surface area contributed by atoms with E-state index in [0.29, 0.717) is 6.54 Å². The summed E-state index contributed by atoms with van der Waals surface area (Å²) in [5.41, 5.74) is 10.1. The van der Waals surface area contributed by atoms with Gasteiger partial charge in [-0.3, -0.25) is 0 Å². The number of aromatic nitrogens is 3. The molecule has 1 aromatic heterocycles. The smallest absolute Gasteiger partial charge is 0.191 e. The van der Waals surface area contributed by atoms with Crippen LogP contribution in [0.3, 0.4) is 0 Å².